The molecule has 0 saturated carbocycles. The molecule has 0 radical (unpaired) electrons. The molecular formula is C26H32N4O3. The van der Waals surface area contributed by atoms with Crippen molar-refractivity contribution >= 4 is 17.5 Å². The van der Waals surface area contributed by atoms with Gasteiger partial charge in [-0.1, -0.05) is 44.2 Å². The van der Waals surface area contributed by atoms with Crippen molar-refractivity contribution in [2.45, 2.75) is 47.8 Å². The van der Waals surface area contributed by atoms with Crippen molar-refractivity contribution in [3.8, 4) is 5.75 Å². The topological polar surface area (TPSA) is 85.2 Å². The highest BCUT2D eigenvalue weighted by atomic mass is 16.5. The lowest BCUT2D eigenvalue weighted by Gasteiger charge is -2.12. The molecule has 0 aliphatic carbocycles. The van der Waals surface area contributed by atoms with Gasteiger partial charge in [-0.3, -0.25) is 14.3 Å². The van der Waals surface area contributed by atoms with Gasteiger partial charge < -0.3 is 15.4 Å². The second-order valence-electron chi connectivity index (χ2n) is 8.51. The molecule has 0 aliphatic heterocycles. The van der Waals surface area contributed by atoms with E-state index in [1.165, 1.54) is 0 Å². The molecule has 2 amide bonds. The third kappa shape index (κ3) is 6.22. The molecule has 2 aromatic carbocycles. The van der Waals surface area contributed by atoms with Gasteiger partial charge in [0, 0.05) is 24.8 Å². The van der Waals surface area contributed by atoms with Crippen molar-refractivity contribution in [3.05, 3.63) is 76.6 Å². The minimum absolute atomic E-state index is 0.212. The number of rotatable bonds is 9. The van der Waals surface area contributed by atoms with Crippen LogP contribution in [0.3, 0.4) is 0 Å². The lowest BCUT2D eigenvalue weighted by atomic mass is 10.1. The summed E-state index contributed by atoms with van der Waals surface area (Å²) in [5, 5.41) is 9.99. The smallest absolute Gasteiger partial charge is 0.273 e. The van der Waals surface area contributed by atoms with Crippen molar-refractivity contribution in [2.75, 3.05) is 11.9 Å². The summed E-state index contributed by atoms with van der Waals surface area (Å²) in [6, 6.07) is 13.3. The van der Waals surface area contributed by atoms with Gasteiger partial charge in [0.25, 0.3) is 11.8 Å². The summed E-state index contributed by atoms with van der Waals surface area (Å²) in [5.74, 6) is 0.601. The van der Waals surface area contributed by atoms with E-state index in [1.807, 2.05) is 65.0 Å². The maximum Gasteiger partial charge on any atom is 0.273 e. The number of benzene rings is 2. The fraction of sp³-hybridized carbons (Fsp3) is 0.346. The van der Waals surface area contributed by atoms with E-state index in [1.54, 1.807) is 23.0 Å². The Kier molecular flexibility index (Phi) is 7.87. The average Bonchev–Trinajstić information content (AvgIpc) is 3.20. The molecule has 0 aliphatic rings. The van der Waals surface area contributed by atoms with Crippen molar-refractivity contribution in [3.63, 3.8) is 0 Å². The second kappa shape index (κ2) is 10.8. The van der Waals surface area contributed by atoms with Crippen LogP contribution in [-0.4, -0.2) is 28.1 Å². The zero-order chi connectivity index (χ0) is 24.0. The zero-order valence-electron chi connectivity index (χ0n) is 19.9. The quantitative estimate of drug-likeness (QED) is 0.495. The molecule has 1 aromatic heterocycles. The summed E-state index contributed by atoms with van der Waals surface area (Å²) in [7, 11) is 0. The van der Waals surface area contributed by atoms with Crippen LogP contribution in [0.2, 0.25) is 0 Å². The largest absolute Gasteiger partial charge is 0.488 e. The Morgan fingerprint density at radius 1 is 1.03 bits per heavy atom. The number of hydrogen-bond donors (Lipinski definition) is 2. The van der Waals surface area contributed by atoms with E-state index < -0.39 is 0 Å². The molecule has 7 nitrogen and oxygen atoms in total. The van der Waals surface area contributed by atoms with Crippen LogP contribution in [0, 0.1) is 19.8 Å². The van der Waals surface area contributed by atoms with E-state index in [4.69, 9.17) is 4.74 Å². The van der Waals surface area contributed by atoms with E-state index in [-0.39, 0.29) is 17.5 Å². The van der Waals surface area contributed by atoms with Crippen LogP contribution in [0.15, 0.2) is 48.7 Å². The molecule has 33 heavy (non-hydrogen) atoms. The van der Waals surface area contributed by atoms with E-state index in [9.17, 15) is 9.59 Å². The monoisotopic (exact) mass is 448 g/mol. The highest BCUT2D eigenvalue weighted by Crippen LogP contribution is 2.23. The van der Waals surface area contributed by atoms with Crippen LogP contribution < -0.4 is 15.4 Å². The van der Waals surface area contributed by atoms with Crippen LogP contribution >= 0.6 is 0 Å². The number of hydrogen-bond acceptors (Lipinski definition) is 4. The molecule has 0 unspecified atom stereocenters. The fourth-order valence-corrected chi connectivity index (χ4v) is 3.35. The molecule has 7 heteroatoms. The zero-order valence-corrected chi connectivity index (χ0v) is 19.9. The number of nitrogens with zero attached hydrogens (tertiary/aromatic N) is 2. The molecule has 2 N–H and O–H groups in total. The number of carbonyl (C=O) groups is 2. The van der Waals surface area contributed by atoms with E-state index in [0.29, 0.717) is 36.9 Å². The molecule has 0 bridgehead atoms. The number of anilines is 1. The van der Waals surface area contributed by atoms with Crippen molar-refractivity contribution in [1.82, 2.24) is 15.1 Å². The summed E-state index contributed by atoms with van der Waals surface area (Å²) in [6.45, 7) is 11.5. The number of carbonyl (C=O) groups excluding carboxylic acids is 2. The third-order valence-electron chi connectivity index (χ3n) is 5.23. The van der Waals surface area contributed by atoms with Gasteiger partial charge in [-0.05, 0) is 55.5 Å². The number of nitrogens with one attached hydrogen (secondary N) is 2. The molecule has 3 aromatic rings. The van der Waals surface area contributed by atoms with Crippen LogP contribution in [0.25, 0.3) is 0 Å². The Balaban J connectivity index is 1.67. The van der Waals surface area contributed by atoms with Gasteiger partial charge in [0.05, 0.1) is 5.69 Å². The van der Waals surface area contributed by atoms with E-state index in [2.05, 4.69) is 15.7 Å². The molecule has 1 heterocycles. The molecule has 0 spiro atoms. The Hall–Kier alpha value is -3.61. The highest BCUT2D eigenvalue weighted by Gasteiger charge is 2.19. The van der Waals surface area contributed by atoms with Gasteiger partial charge in [0.1, 0.15) is 12.4 Å². The minimum atomic E-state index is -0.301. The molecule has 0 fully saturated rings. The SMILES string of the molecule is CCn1cc(NC(=O)c2ccc(COc3c(C)cccc3C)cc2)c(C(=O)NCC(C)C)n1. The Labute approximate surface area is 195 Å². The summed E-state index contributed by atoms with van der Waals surface area (Å²) < 4.78 is 7.62. The molecule has 0 atom stereocenters. The summed E-state index contributed by atoms with van der Waals surface area (Å²) >= 11 is 0. The second-order valence-corrected chi connectivity index (χ2v) is 8.51. The van der Waals surface area contributed by atoms with Gasteiger partial charge in [0.2, 0.25) is 0 Å². The molecule has 0 saturated heterocycles. The first-order valence-corrected chi connectivity index (χ1v) is 11.2. The number of aromatic nitrogens is 2. The van der Waals surface area contributed by atoms with E-state index in [0.717, 1.165) is 22.4 Å². The maximum absolute atomic E-state index is 12.8. The minimum Gasteiger partial charge on any atom is -0.488 e. The number of aryl methyl sites for hydroxylation is 3. The number of amides is 2. The van der Waals surface area contributed by atoms with Crippen LogP contribution in [0.4, 0.5) is 5.69 Å². The lowest BCUT2D eigenvalue weighted by Crippen LogP contribution is -2.28. The number of para-hydroxylation sites is 1. The van der Waals surface area contributed by atoms with Gasteiger partial charge >= 0.3 is 0 Å². The summed E-state index contributed by atoms with van der Waals surface area (Å²) in [6.07, 6.45) is 1.68. The first-order chi connectivity index (χ1) is 15.8. The normalized spacial score (nSPS) is 10.8. The third-order valence-corrected chi connectivity index (χ3v) is 5.23. The standard InChI is InChI=1S/C26H32N4O3/c1-6-30-15-22(23(29-30)26(32)27-14-17(2)3)28-25(31)21-12-10-20(11-13-21)16-33-24-18(4)8-7-9-19(24)5/h7-13,15,17H,6,14,16H2,1-5H3,(H,27,32)(H,28,31). The Bertz CT molecular complexity index is 1100. The predicted molar refractivity (Wildman–Crippen MR) is 130 cm³/mol. The summed E-state index contributed by atoms with van der Waals surface area (Å²) in [5.41, 5.74) is 4.24. The molecule has 3 rings (SSSR count). The highest BCUT2D eigenvalue weighted by molar-refractivity contribution is 6.08. The van der Waals surface area contributed by atoms with Crippen molar-refractivity contribution in [2.24, 2.45) is 5.92 Å². The Morgan fingerprint density at radius 2 is 1.70 bits per heavy atom. The van der Waals surface area contributed by atoms with Crippen LogP contribution in [0.1, 0.15) is 58.3 Å². The van der Waals surface area contributed by atoms with Gasteiger partial charge in [-0.25, -0.2) is 0 Å². The first-order valence-electron chi connectivity index (χ1n) is 11.2. The Morgan fingerprint density at radius 3 is 2.30 bits per heavy atom. The van der Waals surface area contributed by atoms with Crippen LogP contribution in [-0.2, 0) is 13.2 Å². The van der Waals surface area contributed by atoms with Gasteiger partial charge in [-0.15, -0.1) is 0 Å². The van der Waals surface area contributed by atoms with Crippen molar-refractivity contribution in [1.29, 1.82) is 0 Å². The lowest BCUT2D eigenvalue weighted by molar-refractivity contribution is 0.0944. The van der Waals surface area contributed by atoms with Gasteiger partial charge in [0.15, 0.2) is 5.69 Å². The van der Waals surface area contributed by atoms with Crippen LogP contribution in [0.5, 0.6) is 5.75 Å². The fourth-order valence-electron chi connectivity index (χ4n) is 3.35. The first kappa shape index (κ1) is 24.0. The summed E-state index contributed by atoms with van der Waals surface area (Å²) in [4.78, 5) is 25.4. The molecule has 174 valence electrons. The van der Waals surface area contributed by atoms with Gasteiger partial charge in [-0.2, -0.15) is 5.10 Å². The van der Waals surface area contributed by atoms with Crippen molar-refractivity contribution < 1.29 is 14.3 Å². The predicted octanol–water partition coefficient (Wildman–Crippen LogP) is 4.74. The molecular weight excluding hydrogens is 416 g/mol. The van der Waals surface area contributed by atoms with E-state index >= 15 is 0 Å². The number of ether oxygens (including phenoxy) is 1. The average molecular weight is 449 g/mol. The maximum atomic E-state index is 12.8.